The zero-order chi connectivity index (χ0) is 16.8. The number of fused-ring (bicyclic) bond motifs is 4. The standard InChI is InChI=1S/C18H18N4OS2/c23-17(20-14-10-22-6-3-11(14)4-7-22)16-13-2-1-12(9-15(13)25-21-16)18-19-5-8-24-18/h1-2,5,8-9,11,14H,3-4,6-7,10H2,(H,20,23)/t14-/m1/s1. The molecule has 5 heterocycles. The van der Waals surface area contributed by atoms with Crippen LogP contribution in [0.3, 0.4) is 0 Å². The summed E-state index contributed by atoms with van der Waals surface area (Å²) < 4.78 is 5.48. The molecule has 3 aliphatic heterocycles. The van der Waals surface area contributed by atoms with Crippen LogP contribution in [0.5, 0.6) is 0 Å². The molecule has 25 heavy (non-hydrogen) atoms. The Balaban J connectivity index is 1.40. The molecule has 3 aromatic rings. The largest absolute Gasteiger partial charge is 0.346 e. The van der Waals surface area contributed by atoms with Crippen molar-refractivity contribution in [2.75, 3.05) is 19.6 Å². The van der Waals surface area contributed by atoms with Gasteiger partial charge < -0.3 is 10.2 Å². The summed E-state index contributed by atoms with van der Waals surface area (Å²) in [5, 5.41) is 7.14. The van der Waals surface area contributed by atoms with E-state index in [2.05, 4.69) is 25.6 Å². The van der Waals surface area contributed by atoms with Gasteiger partial charge in [-0.2, -0.15) is 4.37 Å². The molecule has 0 spiro atoms. The molecule has 1 atom stereocenters. The van der Waals surface area contributed by atoms with Crippen molar-refractivity contribution in [3.63, 3.8) is 0 Å². The van der Waals surface area contributed by atoms with Gasteiger partial charge in [0.1, 0.15) is 10.7 Å². The fourth-order valence-electron chi connectivity index (χ4n) is 3.97. The van der Waals surface area contributed by atoms with Crippen molar-refractivity contribution in [2.24, 2.45) is 5.92 Å². The maximum absolute atomic E-state index is 12.8. The lowest BCUT2D eigenvalue weighted by Gasteiger charge is -2.44. The smallest absolute Gasteiger partial charge is 0.271 e. The van der Waals surface area contributed by atoms with E-state index in [4.69, 9.17) is 0 Å². The van der Waals surface area contributed by atoms with Crippen LogP contribution in [0.2, 0.25) is 0 Å². The lowest BCUT2D eigenvalue weighted by atomic mass is 9.84. The summed E-state index contributed by atoms with van der Waals surface area (Å²) >= 11 is 3.00. The number of thiazole rings is 1. The molecule has 0 saturated carbocycles. The Hall–Kier alpha value is -1.83. The molecule has 1 amide bonds. The first-order chi connectivity index (χ1) is 12.3. The van der Waals surface area contributed by atoms with Crippen LogP contribution in [-0.4, -0.2) is 45.8 Å². The van der Waals surface area contributed by atoms with Gasteiger partial charge in [-0.25, -0.2) is 4.98 Å². The zero-order valence-corrected chi connectivity index (χ0v) is 15.3. The molecule has 5 nitrogen and oxygen atoms in total. The molecule has 7 heteroatoms. The molecule has 1 aromatic carbocycles. The highest BCUT2D eigenvalue weighted by atomic mass is 32.1. The van der Waals surface area contributed by atoms with Crippen molar-refractivity contribution in [3.05, 3.63) is 35.5 Å². The molecule has 6 rings (SSSR count). The molecule has 128 valence electrons. The molecule has 1 N–H and O–H groups in total. The minimum Gasteiger partial charge on any atom is -0.346 e. The monoisotopic (exact) mass is 370 g/mol. The van der Waals surface area contributed by atoms with Gasteiger partial charge in [-0.1, -0.05) is 12.1 Å². The van der Waals surface area contributed by atoms with E-state index in [0.29, 0.717) is 11.6 Å². The average Bonchev–Trinajstić information content (AvgIpc) is 3.32. The number of benzene rings is 1. The SMILES string of the molecule is O=C(N[C@@H]1CN2CCC1CC2)c1nsc2cc(-c3nccs3)ccc12. The van der Waals surface area contributed by atoms with E-state index in [-0.39, 0.29) is 11.9 Å². The number of nitrogens with zero attached hydrogens (tertiary/aromatic N) is 3. The van der Waals surface area contributed by atoms with Gasteiger partial charge in [0.15, 0.2) is 0 Å². The molecule has 0 unspecified atom stereocenters. The van der Waals surface area contributed by atoms with Crippen molar-refractivity contribution >= 4 is 38.9 Å². The van der Waals surface area contributed by atoms with Crippen LogP contribution in [0.25, 0.3) is 20.7 Å². The van der Waals surface area contributed by atoms with E-state index in [1.54, 1.807) is 11.3 Å². The second kappa shape index (κ2) is 6.16. The Bertz CT molecular complexity index is 912. The Morgan fingerprint density at radius 2 is 2.16 bits per heavy atom. The molecule has 2 aromatic heterocycles. The quantitative estimate of drug-likeness (QED) is 0.769. The Morgan fingerprint density at radius 1 is 1.28 bits per heavy atom. The van der Waals surface area contributed by atoms with Crippen molar-refractivity contribution in [1.29, 1.82) is 0 Å². The van der Waals surface area contributed by atoms with Gasteiger partial charge >= 0.3 is 0 Å². The lowest BCUT2D eigenvalue weighted by molar-refractivity contribution is 0.0619. The molecular weight excluding hydrogens is 352 g/mol. The number of amides is 1. The summed E-state index contributed by atoms with van der Waals surface area (Å²) in [6.07, 6.45) is 4.20. The third-order valence-electron chi connectivity index (χ3n) is 5.34. The summed E-state index contributed by atoms with van der Waals surface area (Å²) in [6, 6.07) is 6.37. The molecule has 2 bridgehead atoms. The summed E-state index contributed by atoms with van der Waals surface area (Å²) in [5.74, 6) is 0.586. The Kier molecular flexibility index (Phi) is 3.80. The predicted octanol–water partition coefficient (Wildman–Crippen LogP) is 3.24. The van der Waals surface area contributed by atoms with Gasteiger partial charge in [-0.05, 0) is 49.4 Å². The number of aromatic nitrogens is 2. The molecule has 3 aliphatic rings. The first-order valence-corrected chi connectivity index (χ1v) is 10.3. The molecule has 3 saturated heterocycles. The highest BCUT2D eigenvalue weighted by molar-refractivity contribution is 7.14. The maximum Gasteiger partial charge on any atom is 0.271 e. The zero-order valence-electron chi connectivity index (χ0n) is 13.6. The Morgan fingerprint density at radius 3 is 2.88 bits per heavy atom. The van der Waals surface area contributed by atoms with Crippen LogP contribution in [0.1, 0.15) is 23.3 Å². The van der Waals surface area contributed by atoms with E-state index >= 15 is 0 Å². The number of rotatable bonds is 3. The number of piperidine rings is 3. The minimum absolute atomic E-state index is 0.0352. The topological polar surface area (TPSA) is 58.1 Å². The van der Waals surface area contributed by atoms with E-state index in [1.165, 1.54) is 37.5 Å². The van der Waals surface area contributed by atoms with Crippen LogP contribution >= 0.6 is 22.9 Å². The third kappa shape index (κ3) is 2.76. The van der Waals surface area contributed by atoms with Crippen LogP contribution in [0, 0.1) is 5.92 Å². The van der Waals surface area contributed by atoms with Crippen LogP contribution in [0.15, 0.2) is 29.8 Å². The highest BCUT2D eigenvalue weighted by Gasteiger charge is 2.35. The van der Waals surface area contributed by atoms with Gasteiger partial charge in [-0.15, -0.1) is 11.3 Å². The number of hydrogen-bond donors (Lipinski definition) is 1. The van der Waals surface area contributed by atoms with Gasteiger partial charge in [0.05, 0.1) is 4.70 Å². The fraction of sp³-hybridized carbons (Fsp3) is 0.389. The molecular formula is C18H18N4OS2. The van der Waals surface area contributed by atoms with Crippen molar-refractivity contribution in [3.8, 4) is 10.6 Å². The summed E-state index contributed by atoms with van der Waals surface area (Å²) in [6.45, 7) is 3.33. The first-order valence-electron chi connectivity index (χ1n) is 8.60. The van der Waals surface area contributed by atoms with Crippen molar-refractivity contribution in [2.45, 2.75) is 18.9 Å². The van der Waals surface area contributed by atoms with Gasteiger partial charge in [0.25, 0.3) is 5.91 Å². The van der Waals surface area contributed by atoms with Crippen molar-refractivity contribution < 1.29 is 4.79 Å². The summed E-state index contributed by atoms with van der Waals surface area (Å²) in [5.41, 5.74) is 1.64. The summed E-state index contributed by atoms with van der Waals surface area (Å²) in [7, 11) is 0. The highest BCUT2D eigenvalue weighted by Crippen LogP contribution is 2.31. The van der Waals surface area contributed by atoms with E-state index in [0.717, 1.165) is 27.2 Å². The normalized spacial score (nSPS) is 25.4. The first kappa shape index (κ1) is 15.4. The van der Waals surface area contributed by atoms with Crippen LogP contribution in [-0.2, 0) is 0 Å². The maximum atomic E-state index is 12.8. The third-order valence-corrected chi connectivity index (χ3v) is 6.97. The number of carbonyl (C=O) groups is 1. The average molecular weight is 371 g/mol. The number of nitrogens with one attached hydrogen (secondary N) is 1. The van der Waals surface area contributed by atoms with Crippen LogP contribution < -0.4 is 5.32 Å². The Labute approximate surface area is 153 Å². The van der Waals surface area contributed by atoms with Crippen LogP contribution in [0.4, 0.5) is 0 Å². The van der Waals surface area contributed by atoms with E-state index < -0.39 is 0 Å². The second-order valence-corrected chi connectivity index (χ2v) is 8.50. The summed E-state index contributed by atoms with van der Waals surface area (Å²) in [4.78, 5) is 19.6. The number of hydrogen-bond acceptors (Lipinski definition) is 6. The molecule has 3 fully saturated rings. The van der Waals surface area contributed by atoms with Gasteiger partial charge in [0, 0.05) is 35.1 Å². The fourth-order valence-corrected chi connectivity index (χ4v) is 5.41. The predicted molar refractivity (Wildman–Crippen MR) is 101 cm³/mol. The lowest BCUT2D eigenvalue weighted by Crippen LogP contribution is -2.57. The van der Waals surface area contributed by atoms with Gasteiger partial charge in [-0.3, -0.25) is 4.79 Å². The van der Waals surface area contributed by atoms with Gasteiger partial charge in [0.2, 0.25) is 0 Å². The molecule has 0 aliphatic carbocycles. The minimum atomic E-state index is -0.0352. The van der Waals surface area contributed by atoms with Crippen molar-refractivity contribution in [1.82, 2.24) is 19.6 Å². The van der Waals surface area contributed by atoms with E-state index in [1.807, 2.05) is 23.7 Å². The van der Waals surface area contributed by atoms with E-state index in [9.17, 15) is 4.79 Å². The molecule has 0 radical (unpaired) electrons. The number of carbonyl (C=O) groups excluding carboxylic acids is 1. The second-order valence-electron chi connectivity index (χ2n) is 6.80.